The molecule has 1 amide bonds. The molecule has 6 heteroatoms. The summed E-state index contributed by atoms with van der Waals surface area (Å²) >= 11 is 0. The number of carbonyl (C=O) groups excluding carboxylic acids is 1. The molecule has 0 bridgehead atoms. The lowest BCUT2D eigenvalue weighted by molar-refractivity contribution is -0.116. The zero-order valence-electron chi connectivity index (χ0n) is 9.32. The topological polar surface area (TPSA) is 80.0 Å². The number of amides is 1. The molecule has 1 aromatic heterocycles. The van der Waals surface area contributed by atoms with Crippen LogP contribution in [0.15, 0.2) is 4.52 Å². The van der Waals surface area contributed by atoms with Crippen LogP contribution in [0.1, 0.15) is 25.1 Å². The summed E-state index contributed by atoms with van der Waals surface area (Å²) in [5.74, 6) is 1.08. The summed E-state index contributed by atoms with van der Waals surface area (Å²) in [6.45, 7) is 3.80. The summed E-state index contributed by atoms with van der Waals surface area (Å²) < 4.78 is 4.80. The van der Waals surface area contributed by atoms with E-state index in [9.17, 15) is 4.79 Å². The Hall–Kier alpha value is -1.43. The Kier molecular flexibility index (Phi) is 3.51. The average Bonchev–Trinajstić information content (AvgIpc) is 2.87. The third kappa shape index (κ3) is 3.03. The molecule has 0 spiro atoms. The molecule has 1 saturated heterocycles. The molecule has 1 unspecified atom stereocenters. The Morgan fingerprint density at radius 3 is 3.19 bits per heavy atom. The van der Waals surface area contributed by atoms with Gasteiger partial charge in [0.15, 0.2) is 5.82 Å². The van der Waals surface area contributed by atoms with Gasteiger partial charge in [0.1, 0.15) is 0 Å². The zero-order chi connectivity index (χ0) is 11.4. The van der Waals surface area contributed by atoms with Crippen LogP contribution in [0, 0.1) is 12.8 Å². The highest BCUT2D eigenvalue weighted by atomic mass is 16.5. The molecule has 6 nitrogen and oxygen atoms in total. The second-order valence-corrected chi connectivity index (χ2v) is 4.09. The number of aromatic nitrogens is 2. The van der Waals surface area contributed by atoms with Crippen LogP contribution in [-0.4, -0.2) is 29.1 Å². The van der Waals surface area contributed by atoms with E-state index < -0.39 is 0 Å². The van der Waals surface area contributed by atoms with Crippen LogP contribution in [-0.2, 0) is 4.79 Å². The molecule has 0 aromatic carbocycles. The third-order valence-corrected chi connectivity index (χ3v) is 2.72. The predicted molar refractivity (Wildman–Crippen MR) is 57.9 cm³/mol. The Labute approximate surface area is 93.8 Å². The largest absolute Gasteiger partial charge is 0.328 e. The first-order valence-corrected chi connectivity index (χ1v) is 5.55. The molecule has 2 rings (SSSR count). The van der Waals surface area contributed by atoms with Crippen molar-refractivity contribution < 1.29 is 9.32 Å². The van der Waals surface area contributed by atoms with Crippen LogP contribution in [0.2, 0.25) is 0 Å². The minimum Gasteiger partial charge on any atom is -0.316 e. The van der Waals surface area contributed by atoms with Gasteiger partial charge in [-0.25, -0.2) is 0 Å². The molecular weight excluding hydrogens is 208 g/mol. The summed E-state index contributed by atoms with van der Waals surface area (Å²) in [7, 11) is 0. The van der Waals surface area contributed by atoms with Crippen LogP contribution >= 0.6 is 0 Å². The fourth-order valence-corrected chi connectivity index (χ4v) is 1.83. The molecule has 1 aliphatic heterocycles. The van der Waals surface area contributed by atoms with Gasteiger partial charge in [0.2, 0.25) is 5.91 Å². The monoisotopic (exact) mass is 224 g/mol. The first-order valence-electron chi connectivity index (χ1n) is 5.55. The molecule has 1 fully saturated rings. The Bertz CT molecular complexity index is 357. The van der Waals surface area contributed by atoms with Crippen molar-refractivity contribution in [1.29, 1.82) is 0 Å². The molecule has 16 heavy (non-hydrogen) atoms. The number of carbonyl (C=O) groups is 1. The van der Waals surface area contributed by atoms with Gasteiger partial charge >= 0.3 is 6.01 Å². The first-order chi connectivity index (χ1) is 7.74. The number of anilines is 1. The molecule has 88 valence electrons. The lowest BCUT2D eigenvalue weighted by Gasteiger charge is -2.06. The van der Waals surface area contributed by atoms with Gasteiger partial charge < -0.3 is 9.84 Å². The fourth-order valence-electron chi connectivity index (χ4n) is 1.83. The molecule has 0 aliphatic carbocycles. The lowest BCUT2D eigenvalue weighted by Crippen LogP contribution is -2.15. The van der Waals surface area contributed by atoms with Crippen LogP contribution in [0.4, 0.5) is 6.01 Å². The van der Waals surface area contributed by atoms with Crippen molar-refractivity contribution in [2.75, 3.05) is 18.4 Å². The van der Waals surface area contributed by atoms with Gasteiger partial charge in [-0.1, -0.05) is 5.16 Å². The predicted octanol–water partition coefficient (Wildman–Crippen LogP) is 0.706. The minimum atomic E-state index is -0.0597. The van der Waals surface area contributed by atoms with Crippen molar-refractivity contribution in [3.05, 3.63) is 5.82 Å². The van der Waals surface area contributed by atoms with Crippen molar-refractivity contribution >= 4 is 11.9 Å². The van der Waals surface area contributed by atoms with E-state index in [2.05, 4.69) is 20.8 Å². The van der Waals surface area contributed by atoms with E-state index in [0.717, 1.165) is 25.9 Å². The molecule has 1 atom stereocenters. The second-order valence-electron chi connectivity index (χ2n) is 4.09. The van der Waals surface area contributed by atoms with E-state index in [1.54, 1.807) is 6.92 Å². The number of aryl methyl sites for hydroxylation is 1. The number of nitrogens with zero attached hydrogens (tertiary/aromatic N) is 2. The van der Waals surface area contributed by atoms with Gasteiger partial charge in [0, 0.05) is 6.42 Å². The van der Waals surface area contributed by atoms with Crippen LogP contribution < -0.4 is 10.6 Å². The van der Waals surface area contributed by atoms with E-state index in [1.807, 2.05) is 0 Å². The van der Waals surface area contributed by atoms with Gasteiger partial charge in [0.25, 0.3) is 0 Å². The molecule has 2 heterocycles. The van der Waals surface area contributed by atoms with Crippen LogP contribution in [0.25, 0.3) is 0 Å². The van der Waals surface area contributed by atoms with E-state index in [0.29, 0.717) is 18.2 Å². The van der Waals surface area contributed by atoms with Crippen LogP contribution in [0.3, 0.4) is 0 Å². The Morgan fingerprint density at radius 2 is 2.56 bits per heavy atom. The van der Waals surface area contributed by atoms with Crippen molar-refractivity contribution in [3.8, 4) is 0 Å². The van der Waals surface area contributed by atoms with E-state index in [-0.39, 0.29) is 11.9 Å². The zero-order valence-corrected chi connectivity index (χ0v) is 9.32. The van der Waals surface area contributed by atoms with Gasteiger partial charge in [-0.2, -0.15) is 4.98 Å². The van der Waals surface area contributed by atoms with Gasteiger partial charge in [-0.3, -0.25) is 10.1 Å². The van der Waals surface area contributed by atoms with E-state index in [1.165, 1.54) is 0 Å². The summed E-state index contributed by atoms with van der Waals surface area (Å²) in [6, 6.07) is 0.187. The number of rotatable bonds is 4. The molecule has 2 N–H and O–H groups in total. The Morgan fingerprint density at radius 1 is 1.69 bits per heavy atom. The van der Waals surface area contributed by atoms with Gasteiger partial charge in [-0.05, 0) is 38.8 Å². The van der Waals surface area contributed by atoms with E-state index in [4.69, 9.17) is 4.52 Å². The highest BCUT2D eigenvalue weighted by Crippen LogP contribution is 2.14. The first kappa shape index (κ1) is 11.1. The average molecular weight is 224 g/mol. The van der Waals surface area contributed by atoms with Crippen molar-refractivity contribution in [3.63, 3.8) is 0 Å². The standard InChI is InChI=1S/C10H16N4O2/c1-7-12-10(16-14-7)13-9(15)3-2-8-4-5-11-6-8/h8,11H,2-6H2,1H3,(H,12,13,14,15). The van der Waals surface area contributed by atoms with Crippen LogP contribution in [0.5, 0.6) is 0 Å². The highest BCUT2D eigenvalue weighted by Gasteiger charge is 2.16. The molecule has 0 radical (unpaired) electrons. The smallest absolute Gasteiger partial charge is 0.316 e. The van der Waals surface area contributed by atoms with Crippen molar-refractivity contribution in [1.82, 2.24) is 15.5 Å². The Balaban J connectivity index is 1.71. The summed E-state index contributed by atoms with van der Waals surface area (Å²) in [5, 5.41) is 9.46. The molecular formula is C10H16N4O2. The molecule has 1 aliphatic rings. The molecule has 0 saturated carbocycles. The van der Waals surface area contributed by atoms with E-state index >= 15 is 0 Å². The summed E-state index contributed by atoms with van der Waals surface area (Å²) in [4.78, 5) is 15.4. The maximum atomic E-state index is 11.5. The maximum absolute atomic E-state index is 11.5. The SMILES string of the molecule is Cc1noc(NC(=O)CCC2CCNC2)n1. The van der Waals surface area contributed by atoms with Crippen molar-refractivity contribution in [2.24, 2.45) is 5.92 Å². The summed E-state index contributed by atoms with van der Waals surface area (Å²) in [5.41, 5.74) is 0. The summed E-state index contributed by atoms with van der Waals surface area (Å²) in [6.07, 6.45) is 2.58. The van der Waals surface area contributed by atoms with Crippen molar-refractivity contribution in [2.45, 2.75) is 26.2 Å². The third-order valence-electron chi connectivity index (χ3n) is 2.72. The molecule has 1 aromatic rings. The normalized spacial score (nSPS) is 19.9. The lowest BCUT2D eigenvalue weighted by atomic mass is 10.0. The highest BCUT2D eigenvalue weighted by molar-refractivity contribution is 5.88. The quantitative estimate of drug-likeness (QED) is 0.787. The van der Waals surface area contributed by atoms with Gasteiger partial charge in [0.05, 0.1) is 0 Å². The van der Waals surface area contributed by atoms with Gasteiger partial charge in [-0.15, -0.1) is 0 Å². The second kappa shape index (κ2) is 5.07. The number of hydrogen-bond donors (Lipinski definition) is 2. The number of nitrogens with one attached hydrogen (secondary N) is 2. The maximum Gasteiger partial charge on any atom is 0.328 e. The number of hydrogen-bond acceptors (Lipinski definition) is 5. The minimum absolute atomic E-state index is 0.0597. The fraction of sp³-hybridized carbons (Fsp3) is 0.700.